The molecule has 0 aromatic heterocycles. The molecule has 0 spiro atoms. The Kier molecular flexibility index (Phi) is 10.3. The zero-order valence-corrected chi connectivity index (χ0v) is 19.1. The fourth-order valence-corrected chi connectivity index (χ4v) is 4.21. The first-order valence-electron chi connectivity index (χ1n) is 10.2. The van der Waals surface area contributed by atoms with Gasteiger partial charge in [-0.1, -0.05) is 45.9 Å². The van der Waals surface area contributed by atoms with Gasteiger partial charge in [-0.05, 0) is 61.7 Å². The number of aldehydes is 1. The number of carbonyl (C=O) groups is 2. The van der Waals surface area contributed by atoms with Gasteiger partial charge in [0.15, 0.2) is 0 Å². The van der Waals surface area contributed by atoms with E-state index < -0.39 is 0 Å². The topological polar surface area (TPSA) is 49.4 Å². The number of hydrogen-bond donors (Lipinski definition) is 2. The molecule has 1 aliphatic heterocycles. The molecule has 0 unspecified atom stereocenters. The number of para-hydroxylation sites is 1. The molecule has 2 rings (SSSR count). The molecule has 0 bridgehead atoms. The summed E-state index contributed by atoms with van der Waals surface area (Å²) in [6, 6.07) is 8.36. The third kappa shape index (κ3) is 8.36. The Bertz CT molecular complexity index is 629. The van der Waals surface area contributed by atoms with E-state index in [1.165, 1.54) is 5.56 Å². The van der Waals surface area contributed by atoms with Gasteiger partial charge in [0.05, 0.1) is 0 Å². The second-order valence-corrected chi connectivity index (χ2v) is 9.53. The number of hydrogen-bond acceptors (Lipinski definition) is 4. The first-order valence-corrected chi connectivity index (χ1v) is 10.9. The first-order chi connectivity index (χ1) is 13.2. The molecule has 0 aliphatic carbocycles. The summed E-state index contributed by atoms with van der Waals surface area (Å²) in [4.78, 5) is 24.1. The van der Waals surface area contributed by atoms with Crippen molar-refractivity contribution in [1.82, 2.24) is 5.32 Å². The van der Waals surface area contributed by atoms with Gasteiger partial charge in [-0.2, -0.15) is 12.6 Å². The Hall–Kier alpha value is -1.33. The van der Waals surface area contributed by atoms with Gasteiger partial charge in [0.25, 0.3) is 0 Å². The van der Waals surface area contributed by atoms with Crippen LogP contribution in [-0.4, -0.2) is 38.1 Å². The number of benzene rings is 1. The first kappa shape index (κ1) is 24.7. The number of anilines is 1. The fraction of sp³-hybridized carbons (Fsp3) is 0.652. The minimum Gasteiger partial charge on any atom is -0.320 e. The molecule has 0 radical (unpaired) electrons. The zero-order chi connectivity index (χ0) is 21.2. The third-order valence-electron chi connectivity index (χ3n) is 5.12. The van der Waals surface area contributed by atoms with Crippen LogP contribution in [0.15, 0.2) is 24.3 Å². The molecular formula is C23H38N2O2S. The van der Waals surface area contributed by atoms with Gasteiger partial charge in [0.1, 0.15) is 6.29 Å². The Morgan fingerprint density at radius 3 is 2.46 bits per heavy atom. The van der Waals surface area contributed by atoms with Crippen LogP contribution in [0.4, 0.5) is 5.69 Å². The second kappa shape index (κ2) is 11.6. The van der Waals surface area contributed by atoms with Crippen molar-refractivity contribution in [1.29, 1.82) is 0 Å². The van der Waals surface area contributed by atoms with Gasteiger partial charge < -0.3 is 15.0 Å². The van der Waals surface area contributed by atoms with Crippen molar-refractivity contribution in [3.05, 3.63) is 29.8 Å². The average Bonchev–Trinajstić information content (AvgIpc) is 2.64. The monoisotopic (exact) mass is 406 g/mol. The average molecular weight is 407 g/mol. The van der Waals surface area contributed by atoms with Crippen molar-refractivity contribution in [3.63, 3.8) is 0 Å². The molecule has 1 N–H and O–H groups in total. The van der Waals surface area contributed by atoms with Gasteiger partial charge in [-0.3, -0.25) is 4.79 Å². The highest BCUT2D eigenvalue weighted by Gasteiger charge is 2.33. The molecule has 0 atom stereocenters. The Morgan fingerprint density at radius 2 is 1.86 bits per heavy atom. The maximum Gasteiger partial charge on any atom is 0.227 e. The van der Waals surface area contributed by atoms with Gasteiger partial charge >= 0.3 is 0 Å². The van der Waals surface area contributed by atoms with E-state index in [0.29, 0.717) is 12.2 Å². The van der Waals surface area contributed by atoms with E-state index in [-0.39, 0.29) is 16.7 Å². The van der Waals surface area contributed by atoms with Crippen LogP contribution in [0.5, 0.6) is 0 Å². The van der Waals surface area contributed by atoms with Gasteiger partial charge in [-0.15, -0.1) is 0 Å². The maximum atomic E-state index is 13.0. The van der Waals surface area contributed by atoms with Crippen molar-refractivity contribution in [2.75, 3.05) is 30.8 Å². The van der Waals surface area contributed by atoms with E-state index in [9.17, 15) is 4.79 Å². The smallest absolute Gasteiger partial charge is 0.227 e. The molecule has 1 heterocycles. The number of amides is 1. The highest BCUT2D eigenvalue weighted by molar-refractivity contribution is 7.80. The van der Waals surface area contributed by atoms with Gasteiger partial charge in [0.2, 0.25) is 5.91 Å². The molecule has 5 heteroatoms. The third-order valence-corrected chi connectivity index (χ3v) is 5.27. The second-order valence-electron chi connectivity index (χ2n) is 9.16. The molecule has 0 saturated heterocycles. The van der Waals surface area contributed by atoms with E-state index in [1.54, 1.807) is 0 Å². The lowest BCUT2D eigenvalue weighted by atomic mass is 9.71. The van der Waals surface area contributed by atoms with Crippen LogP contribution in [0.2, 0.25) is 0 Å². The maximum absolute atomic E-state index is 13.0. The summed E-state index contributed by atoms with van der Waals surface area (Å²) in [5.74, 6) is 0.608. The summed E-state index contributed by atoms with van der Waals surface area (Å²) in [6.45, 7) is 11.0. The highest BCUT2D eigenvalue weighted by atomic mass is 32.1. The lowest BCUT2D eigenvalue weighted by molar-refractivity contribution is -0.121. The SMILES string of the molecule is CNCCC(C)(C)CC(C)(C)CC(=O)N1CCCc2ccccc21.O=CCS. The van der Waals surface area contributed by atoms with Crippen molar-refractivity contribution in [2.45, 2.75) is 59.8 Å². The van der Waals surface area contributed by atoms with E-state index in [2.05, 4.69) is 63.8 Å². The summed E-state index contributed by atoms with van der Waals surface area (Å²) in [5, 5.41) is 3.24. The normalized spacial score (nSPS) is 14.0. The predicted molar refractivity (Wildman–Crippen MR) is 122 cm³/mol. The molecule has 1 aliphatic rings. The number of nitrogens with zero attached hydrogens (tertiary/aromatic N) is 1. The molecule has 1 amide bonds. The van der Waals surface area contributed by atoms with Crippen LogP contribution in [0.3, 0.4) is 0 Å². The number of nitrogens with one attached hydrogen (secondary N) is 1. The zero-order valence-electron chi connectivity index (χ0n) is 18.3. The Labute approximate surface area is 176 Å². The van der Waals surface area contributed by atoms with Crippen LogP contribution in [0.1, 0.15) is 58.9 Å². The largest absolute Gasteiger partial charge is 0.320 e. The Morgan fingerprint density at radius 1 is 1.21 bits per heavy atom. The summed E-state index contributed by atoms with van der Waals surface area (Å²) in [7, 11) is 2.00. The molecular weight excluding hydrogens is 368 g/mol. The van der Waals surface area contributed by atoms with Crippen LogP contribution >= 0.6 is 12.6 Å². The van der Waals surface area contributed by atoms with E-state index in [1.807, 2.05) is 18.0 Å². The standard InChI is InChI=1S/C21H34N2O.C2H4OS/c1-20(2,12-13-22-5)16-21(3,4)15-19(24)23-14-8-10-17-9-6-7-11-18(17)23;3-1-2-4/h6-7,9,11,22H,8,10,12-16H2,1-5H3;1,4H,2H2. The van der Waals surface area contributed by atoms with Crippen molar-refractivity contribution in [2.24, 2.45) is 10.8 Å². The lowest BCUT2D eigenvalue weighted by Gasteiger charge is -2.37. The summed E-state index contributed by atoms with van der Waals surface area (Å²) in [6.07, 6.45) is 5.70. The molecule has 1 aromatic carbocycles. The number of thiol groups is 1. The minimum atomic E-state index is 0.0146. The summed E-state index contributed by atoms with van der Waals surface area (Å²) in [5.41, 5.74) is 2.69. The quantitative estimate of drug-likeness (QED) is 0.493. The number of rotatable bonds is 8. The molecule has 0 saturated carbocycles. The van der Waals surface area contributed by atoms with E-state index in [4.69, 9.17) is 4.79 Å². The molecule has 0 fully saturated rings. The van der Waals surface area contributed by atoms with Crippen LogP contribution in [0, 0.1) is 10.8 Å². The Balaban J connectivity index is 0.000000892. The molecule has 158 valence electrons. The summed E-state index contributed by atoms with van der Waals surface area (Å²) < 4.78 is 0. The van der Waals surface area contributed by atoms with Gasteiger partial charge in [0, 0.05) is 24.4 Å². The van der Waals surface area contributed by atoms with Crippen LogP contribution in [0.25, 0.3) is 0 Å². The summed E-state index contributed by atoms with van der Waals surface area (Å²) >= 11 is 3.55. The lowest BCUT2D eigenvalue weighted by Crippen LogP contribution is -2.39. The molecule has 4 nitrogen and oxygen atoms in total. The fourth-order valence-electron chi connectivity index (χ4n) is 4.21. The highest BCUT2D eigenvalue weighted by Crippen LogP contribution is 2.39. The predicted octanol–water partition coefficient (Wildman–Crippen LogP) is 4.52. The number of fused-ring (bicyclic) bond motifs is 1. The molecule has 28 heavy (non-hydrogen) atoms. The number of carbonyl (C=O) groups excluding carboxylic acids is 2. The van der Waals surface area contributed by atoms with Crippen molar-refractivity contribution >= 4 is 30.5 Å². The van der Waals surface area contributed by atoms with Crippen LogP contribution < -0.4 is 10.2 Å². The molecule has 1 aromatic rings. The van der Waals surface area contributed by atoms with Crippen molar-refractivity contribution in [3.8, 4) is 0 Å². The van der Waals surface area contributed by atoms with Crippen molar-refractivity contribution < 1.29 is 9.59 Å². The van der Waals surface area contributed by atoms with Gasteiger partial charge in [-0.25, -0.2) is 0 Å². The van der Waals surface area contributed by atoms with E-state index in [0.717, 1.165) is 50.7 Å². The minimum absolute atomic E-state index is 0.0146. The van der Waals surface area contributed by atoms with Crippen LogP contribution in [-0.2, 0) is 16.0 Å². The number of aryl methyl sites for hydroxylation is 1. The van der Waals surface area contributed by atoms with E-state index >= 15 is 0 Å².